The molecule has 0 saturated heterocycles. The number of benzene rings is 2. The van der Waals surface area contributed by atoms with Crippen molar-refractivity contribution in [3.05, 3.63) is 77.5 Å². The largest absolute Gasteiger partial charge is 0.497 e. The molecule has 1 N–H and O–H groups in total. The zero-order valence-electron chi connectivity index (χ0n) is 19.9. The van der Waals surface area contributed by atoms with Crippen LogP contribution in [0.4, 0.5) is 4.79 Å². The fraction of sp³-hybridized carbons (Fsp3) is 0.296. The normalized spacial score (nSPS) is 10.8. The summed E-state index contributed by atoms with van der Waals surface area (Å²) in [6, 6.07) is 19.0. The first-order chi connectivity index (χ1) is 16.3. The van der Waals surface area contributed by atoms with Gasteiger partial charge in [-0.15, -0.1) is 0 Å². The molecule has 0 fully saturated rings. The van der Waals surface area contributed by atoms with E-state index in [1.807, 2.05) is 63.2 Å². The zero-order chi connectivity index (χ0) is 24.6. The summed E-state index contributed by atoms with van der Waals surface area (Å²) in [6.07, 6.45) is 1.96. The van der Waals surface area contributed by atoms with Crippen LogP contribution < -0.4 is 14.8 Å². The predicted octanol–water partition coefficient (Wildman–Crippen LogP) is 5.28. The van der Waals surface area contributed by atoms with Gasteiger partial charge in [-0.3, -0.25) is 4.98 Å². The number of amides is 1. The number of methoxy groups -OCH3 is 1. The van der Waals surface area contributed by atoms with Gasteiger partial charge in [-0.2, -0.15) is 5.26 Å². The third-order valence-corrected chi connectivity index (χ3v) is 4.85. The number of pyridine rings is 1. The molecule has 0 radical (unpaired) electrons. The van der Waals surface area contributed by atoms with Gasteiger partial charge in [0.2, 0.25) is 0 Å². The minimum absolute atomic E-state index is 0.348. The van der Waals surface area contributed by atoms with E-state index in [4.69, 9.17) is 14.2 Å². The molecule has 34 heavy (non-hydrogen) atoms. The Hall–Kier alpha value is -4.05. The van der Waals surface area contributed by atoms with E-state index in [1.165, 1.54) is 0 Å². The topological polar surface area (TPSA) is 93.5 Å². The Morgan fingerprint density at radius 2 is 1.79 bits per heavy atom. The molecule has 0 bridgehead atoms. The van der Waals surface area contributed by atoms with E-state index < -0.39 is 11.7 Å². The summed E-state index contributed by atoms with van der Waals surface area (Å²) in [5, 5.41) is 12.1. The van der Waals surface area contributed by atoms with Gasteiger partial charge in [-0.1, -0.05) is 18.2 Å². The molecule has 0 saturated carbocycles. The average Bonchev–Trinajstić information content (AvgIpc) is 2.82. The molecule has 1 aromatic heterocycles. The van der Waals surface area contributed by atoms with Gasteiger partial charge in [-0.05, 0) is 74.7 Å². The second-order valence-corrected chi connectivity index (χ2v) is 8.69. The smallest absolute Gasteiger partial charge is 0.407 e. The minimum Gasteiger partial charge on any atom is -0.497 e. The van der Waals surface area contributed by atoms with E-state index >= 15 is 0 Å². The first kappa shape index (κ1) is 24.6. The molecular weight excluding hydrogens is 430 g/mol. The fourth-order valence-electron chi connectivity index (χ4n) is 3.16. The van der Waals surface area contributed by atoms with Gasteiger partial charge in [0.25, 0.3) is 0 Å². The summed E-state index contributed by atoms with van der Waals surface area (Å²) in [5.41, 5.74) is 3.48. The number of carbonyl (C=O) groups excluding carboxylic acids is 1. The van der Waals surface area contributed by atoms with E-state index in [0.29, 0.717) is 30.9 Å². The van der Waals surface area contributed by atoms with Crippen LogP contribution in [0.3, 0.4) is 0 Å². The Labute approximate surface area is 200 Å². The quantitative estimate of drug-likeness (QED) is 0.493. The molecule has 1 heterocycles. The number of ether oxygens (including phenoxy) is 3. The molecule has 7 nitrogen and oxygen atoms in total. The van der Waals surface area contributed by atoms with Crippen LogP contribution in [0.1, 0.15) is 37.5 Å². The molecule has 0 aliphatic heterocycles. The maximum atomic E-state index is 11.8. The maximum absolute atomic E-state index is 11.8. The molecule has 0 unspecified atom stereocenters. The summed E-state index contributed by atoms with van der Waals surface area (Å²) in [7, 11) is 1.63. The van der Waals surface area contributed by atoms with Crippen LogP contribution in [-0.4, -0.2) is 30.3 Å². The van der Waals surface area contributed by atoms with Crippen molar-refractivity contribution in [1.82, 2.24) is 10.3 Å². The number of nitriles is 1. The van der Waals surface area contributed by atoms with Crippen molar-refractivity contribution in [2.45, 2.75) is 39.4 Å². The van der Waals surface area contributed by atoms with Crippen LogP contribution in [0.5, 0.6) is 11.5 Å². The number of carbonyl (C=O) groups is 1. The van der Waals surface area contributed by atoms with Crippen LogP contribution in [-0.2, 0) is 17.8 Å². The highest BCUT2D eigenvalue weighted by atomic mass is 16.6. The van der Waals surface area contributed by atoms with E-state index in [9.17, 15) is 10.1 Å². The SMILES string of the molecule is COc1ccc(COc2cc(C#N)ccc2-c2ccc(CCNC(=O)OC(C)(C)C)cn2)cc1. The van der Waals surface area contributed by atoms with Crippen molar-refractivity contribution in [2.75, 3.05) is 13.7 Å². The highest BCUT2D eigenvalue weighted by Crippen LogP contribution is 2.30. The van der Waals surface area contributed by atoms with E-state index in [-0.39, 0.29) is 0 Å². The Morgan fingerprint density at radius 3 is 2.41 bits per heavy atom. The van der Waals surface area contributed by atoms with Crippen LogP contribution in [0.25, 0.3) is 11.3 Å². The number of aromatic nitrogens is 1. The molecule has 0 aliphatic rings. The lowest BCUT2D eigenvalue weighted by molar-refractivity contribution is 0.0528. The lowest BCUT2D eigenvalue weighted by Crippen LogP contribution is -2.33. The lowest BCUT2D eigenvalue weighted by Gasteiger charge is -2.19. The second-order valence-electron chi connectivity index (χ2n) is 8.69. The van der Waals surface area contributed by atoms with Crippen molar-refractivity contribution in [3.8, 4) is 28.8 Å². The summed E-state index contributed by atoms with van der Waals surface area (Å²) >= 11 is 0. The number of hydrogen-bond acceptors (Lipinski definition) is 6. The van der Waals surface area contributed by atoms with Crippen LogP contribution >= 0.6 is 0 Å². The number of alkyl carbamates (subject to hydrolysis) is 1. The molecule has 176 valence electrons. The maximum Gasteiger partial charge on any atom is 0.407 e. The molecule has 7 heteroatoms. The predicted molar refractivity (Wildman–Crippen MR) is 130 cm³/mol. The molecule has 3 aromatic rings. The highest BCUT2D eigenvalue weighted by Gasteiger charge is 2.15. The summed E-state index contributed by atoms with van der Waals surface area (Å²) in [4.78, 5) is 16.4. The van der Waals surface area contributed by atoms with E-state index in [2.05, 4.69) is 16.4 Å². The Balaban J connectivity index is 1.67. The number of rotatable bonds is 8. The number of nitrogens with one attached hydrogen (secondary N) is 1. The molecule has 3 rings (SSSR count). The van der Waals surface area contributed by atoms with Crippen molar-refractivity contribution >= 4 is 6.09 Å². The zero-order valence-corrected chi connectivity index (χ0v) is 19.9. The molecule has 1 amide bonds. The second kappa shape index (κ2) is 11.2. The van der Waals surface area contributed by atoms with Gasteiger partial charge < -0.3 is 19.5 Å². The molecule has 2 aromatic carbocycles. The van der Waals surface area contributed by atoms with Crippen molar-refractivity contribution in [3.63, 3.8) is 0 Å². The van der Waals surface area contributed by atoms with Gasteiger partial charge in [0.1, 0.15) is 23.7 Å². The molecule has 0 atom stereocenters. The van der Waals surface area contributed by atoms with Crippen LogP contribution in [0, 0.1) is 11.3 Å². The Kier molecular flexibility index (Phi) is 8.10. The van der Waals surface area contributed by atoms with Gasteiger partial charge in [0.15, 0.2) is 0 Å². The molecule has 0 spiro atoms. The van der Waals surface area contributed by atoms with Crippen LogP contribution in [0.2, 0.25) is 0 Å². The highest BCUT2D eigenvalue weighted by molar-refractivity contribution is 5.69. The first-order valence-electron chi connectivity index (χ1n) is 11.0. The Bertz CT molecular complexity index is 1140. The van der Waals surface area contributed by atoms with E-state index in [1.54, 1.807) is 25.4 Å². The monoisotopic (exact) mass is 459 g/mol. The first-order valence-corrected chi connectivity index (χ1v) is 11.0. The fourth-order valence-corrected chi connectivity index (χ4v) is 3.16. The third-order valence-electron chi connectivity index (χ3n) is 4.85. The standard InChI is InChI=1S/C27H29N3O4/c1-27(2,3)34-26(31)29-14-13-19-8-12-24(30-17-19)23-11-7-21(16-28)15-25(23)33-18-20-5-9-22(32-4)10-6-20/h5-12,15,17H,13-14,18H2,1-4H3,(H,29,31). The minimum atomic E-state index is -0.526. The van der Waals surface area contributed by atoms with E-state index in [0.717, 1.165) is 28.1 Å². The number of nitrogens with zero attached hydrogens (tertiary/aromatic N) is 2. The Morgan fingerprint density at radius 1 is 1.06 bits per heavy atom. The summed E-state index contributed by atoms with van der Waals surface area (Å²) in [5.74, 6) is 1.36. The van der Waals surface area contributed by atoms with Gasteiger partial charge >= 0.3 is 6.09 Å². The van der Waals surface area contributed by atoms with Crippen molar-refractivity contribution in [1.29, 1.82) is 5.26 Å². The summed E-state index contributed by atoms with van der Waals surface area (Å²) < 4.78 is 16.5. The van der Waals surface area contributed by atoms with Crippen molar-refractivity contribution in [2.24, 2.45) is 0 Å². The third kappa shape index (κ3) is 7.24. The van der Waals surface area contributed by atoms with Crippen molar-refractivity contribution < 1.29 is 19.0 Å². The van der Waals surface area contributed by atoms with Crippen LogP contribution in [0.15, 0.2) is 60.8 Å². The lowest BCUT2D eigenvalue weighted by atomic mass is 10.1. The molecular formula is C27H29N3O4. The van der Waals surface area contributed by atoms with Gasteiger partial charge in [0, 0.05) is 18.3 Å². The van der Waals surface area contributed by atoms with Gasteiger partial charge in [-0.25, -0.2) is 4.79 Å². The molecule has 0 aliphatic carbocycles. The van der Waals surface area contributed by atoms with Gasteiger partial charge in [0.05, 0.1) is 24.4 Å². The summed E-state index contributed by atoms with van der Waals surface area (Å²) in [6.45, 7) is 6.28. The average molecular weight is 460 g/mol. The number of hydrogen-bond donors (Lipinski definition) is 1.